The lowest BCUT2D eigenvalue weighted by Crippen LogP contribution is -2.05. The van der Waals surface area contributed by atoms with Crippen molar-refractivity contribution in [3.63, 3.8) is 0 Å². The molecule has 0 nitrogen and oxygen atoms in total. The molecule has 7 rings (SSSR count). The van der Waals surface area contributed by atoms with Crippen LogP contribution in [0.15, 0.2) is 103 Å². The lowest BCUT2D eigenvalue weighted by atomic mass is 9.82. The minimum atomic E-state index is 0.511. The molecule has 0 saturated carbocycles. The van der Waals surface area contributed by atoms with Crippen molar-refractivity contribution >= 4 is 27.6 Å². The summed E-state index contributed by atoms with van der Waals surface area (Å²) in [6.45, 7) is 8.24. The Labute approximate surface area is 216 Å². The van der Waals surface area contributed by atoms with Crippen LogP contribution in [0.3, 0.4) is 0 Å². The number of benzene rings is 5. The van der Waals surface area contributed by atoms with E-state index in [0.29, 0.717) is 11.8 Å². The van der Waals surface area contributed by atoms with Crippen molar-refractivity contribution in [2.24, 2.45) is 0 Å². The smallest absolute Gasteiger partial charge is 0.00964 e. The van der Waals surface area contributed by atoms with Gasteiger partial charge in [0.1, 0.15) is 0 Å². The second-order valence-electron chi connectivity index (χ2n) is 9.76. The zero-order chi connectivity index (χ0) is 25.1. The first kappa shape index (κ1) is 24.1. The Balaban J connectivity index is 0.000000228. The van der Waals surface area contributed by atoms with E-state index in [1.165, 1.54) is 56.6 Å². The van der Waals surface area contributed by atoms with Crippen LogP contribution in [0.4, 0.5) is 0 Å². The summed E-state index contributed by atoms with van der Waals surface area (Å²) in [7, 11) is 0. The van der Waals surface area contributed by atoms with Crippen molar-refractivity contribution in [1.82, 2.24) is 0 Å². The maximum absolute atomic E-state index is 2.45. The van der Waals surface area contributed by atoms with Gasteiger partial charge in [-0.25, -0.2) is 0 Å². The number of hydrogen-bond donors (Lipinski definition) is 0. The Morgan fingerprint density at radius 2 is 1.14 bits per heavy atom. The van der Waals surface area contributed by atoms with Gasteiger partial charge in [0.15, 0.2) is 0 Å². The summed E-state index contributed by atoms with van der Waals surface area (Å²) in [5.74, 6) is 1.12. The van der Waals surface area contributed by atoms with Crippen molar-refractivity contribution in [3.05, 3.63) is 137 Å². The van der Waals surface area contributed by atoms with Crippen LogP contribution in [0.5, 0.6) is 0 Å². The number of fused-ring (bicyclic) bond motifs is 6. The van der Waals surface area contributed by atoms with Gasteiger partial charge < -0.3 is 0 Å². The van der Waals surface area contributed by atoms with Gasteiger partial charge in [0.2, 0.25) is 0 Å². The number of aryl methyl sites for hydroxylation is 3. The molecule has 2 unspecified atom stereocenters. The lowest BCUT2D eigenvalue weighted by Gasteiger charge is -2.21. The molecule has 0 radical (unpaired) electrons. The highest BCUT2D eigenvalue weighted by Gasteiger charge is 2.33. The molecule has 0 fully saturated rings. The summed E-state index contributed by atoms with van der Waals surface area (Å²) in [5.41, 5.74) is 8.83. The van der Waals surface area contributed by atoms with E-state index >= 15 is 0 Å². The molecular weight excluding hydrogens is 432 g/mol. The largest absolute Gasteiger partial charge is 0.0757 e. The van der Waals surface area contributed by atoms with E-state index < -0.39 is 0 Å². The first-order valence-electron chi connectivity index (χ1n) is 13.4. The maximum Gasteiger partial charge on any atom is 0.00964 e. The first-order chi connectivity index (χ1) is 17.7. The molecule has 2 aliphatic carbocycles. The number of hydrogen-bond acceptors (Lipinski definition) is 0. The van der Waals surface area contributed by atoms with E-state index in [1.807, 2.05) is 13.8 Å². The Bertz CT molecular complexity index is 1510. The second-order valence-corrected chi connectivity index (χ2v) is 9.76. The summed E-state index contributed by atoms with van der Waals surface area (Å²) < 4.78 is 0. The van der Waals surface area contributed by atoms with Crippen LogP contribution in [0.1, 0.15) is 65.5 Å². The molecule has 0 N–H and O–H groups in total. The fourth-order valence-corrected chi connectivity index (χ4v) is 5.91. The van der Waals surface area contributed by atoms with E-state index in [0.717, 1.165) is 0 Å². The highest BCUT2D eigenvalue weighted by molar-refractivity contribution is 5.94. The molecule has 5 aromatic rings. The minimum Gasteiger partial charge on any atom is -0.0757 e. The predicted molar refractivity (Wildman–Crippen MR) is 158 cm³/mol. The van der Waals surface area contributed by atoms with Gasteiger partial charge >= 0.3 is 0 Å². The summed E-state index contributed by atoms with van der Waals surface area (Å²) in [4.78, 5) is 0. The quantitative estimate of drug-likeness (QED) is 0.229. The molecule has 2 atom stereocenters. The van der Waals surface area contributed by atoms with Gasteiger partial charge in [0.05, 0.1) is 0 Å². The average molecular weight is 469 g/mol. The van der Waals surface area contributed by atoms with E-state index in [4.69, 9.17) is 0 Å². The van der Waals surface area contributed by atoms with E-state index in [1.54, 1.807) is 11.1 Å². The maximum atomic E-state index is 2.45. The summed E-state index contributed by atoms with van der Waals surface area (Å²) >= 11 is 0. The third-order valence-electron chi connectivity index (χ3n) is 7.87. The molecule has 0 aliphatic heterocycles. The van der Waals surface area contributed by atoms with Crippen molar-refractivity contribution in [1.29, 1.82) is 0 Å². The zero-order valence-electron chi connectivity index (χ0n) is 22.0. The average Bonchev–Trinajstić information content (AvgIpc) is 3.56. The number of allylic oxidation sites excluding steroid dienone is 1. The zero-order valence-corrected chi connectivity index (χ0v) is 22.0. The lowest BCUT2D eigenvalue weighted by molar-refractivity contribution is 0.619. The van der Waals surface area contributed by atoms with Crippen LogP contribution in [0, 0.1) is 13.8 Å². The third kappa shape index (κ3) is 4.37. The highest BCUT2D eigenvalue weighted by Crippen LogP contribution is 2.49. The first-order valence-corrected chi connectivity index (χ1v) is 13.4. The summed E-state index contributed by atoms with van der Waals surface area (Å²) in [6, 6.07) is 35.3. The van der Waals surface area contributed by atoms with E-state index in [-0.39, 0.29) is 0 Å². The molecule has 0 heterocycles. The SMILES string of the molecule is C1=CC(C2CCc3c2ccc2ccccc32)c2ccc3ccccc3c21.CC.Cc1ccccc1C. The van der Waals surface area contributed by atoms with Gasteiger partial charge in [-0.15, -0.1) is 0 Å². The van der Waals surface area contributed by atoms with Gasteiger partial charge in [0, 0.05) is 5.92 Å². The fraction of sp³-hybridized carbons (Fsp3) is 0.222. The molecular formula is C36H36. The standard InChI is InChI=1S/C26H20.C8H10.C2H6/c1-3-7-19-17(5-1)9-11-23-21(19)13-15-25(23)26-16-14-22-20-8-4-2-6-18(20)10-12-24(22)26;1-7-5-3-4-6-8(7)2;1-2/h1-13,15,25-26H,14,16H2;3-6H,1-2H3;1-2H3. The van der Waals surface area contributed by atoms with Crippen molar-refractivity contribution in [2.45, 2.75) is 52.4 Å². The molecule has 0 heteroatoms. The summed E-state index contributed by atoms with van der Waals surface area (Å²) in [5, 5.41) is 5.56. The van der Waals surface area contributed by atoms with Crippen LogP contribution in [-0.4, -0.2) is 0 Å². The van der Waals surface area contributed by atoms with Gasteiger partial charge in [-0.1, -0.05) is 123 Å². The Morgan fingerprint density at radius 1 is 0.583 bits per heavy atom. The van der Waals surface area contributed by atoms with Crippen molar-refractivity contribution in [3.8, 4) is 0 Å². The monoisotopic (exact) mass is 468 g/mol. The van der Waals surface area contributed by atoms with Crippen LogP contribution in [-0.2, 0) is 6.42 Å². The molecule has 5 aromatic carbocycles. The molecule has 2 aliphatic rings. The van der Waals surface area contributed by atoms with Gasteiger partial charge in [-0.05, 0) is 87.5 Å². The fourth-order valence-electron chi connectivity index (χ4n) is 5.91. The Kier molecular flexibility index (Phi) is 7.05. The summed E-state index contributed by atoms with van der Waals surface area (Å²) in [6.07, 6.45) is 7.27. The van der Waals surface area contributed by atoms with E-state index in [9.17, 15) is 0 Å². The molecule has 0 spiro atoms. The molecule has 0 saturated heterocycles. The second kappa shape index (κ2) is 10.5. The molecule has 0 amide bonds. The minimum absolute atomic E-state index is 0.511. The molecule has 180 valence electrons. The van der Waals surface area contributed by atoms with Crippen molar-refractivity contribution < 1.29 is 0 Å². The number of rotatable bonds is 1. The Morgan fingerprint density at radius 3 is 1.81 bits per heavy atom. The Hall–Kier alpha value is -3.64. The van der Waals surface area contributed by atoms with Gasteiger partial charge in [0.25, 0.3) is 0 Å². The van der Waals surface area contributed by atoms with Crippen molar-refractivity contribution in [2.75, 3.05) is 0 Å². The topological polar surface area (TPSA) is 0 Å². The highest BCUT2D eigenvalue weighted by atomic mass is 14.4. The van der Waals surface area contributed by atoms with Crippen LogP contribution >= 0.6 is 0 Å². The van der Waals surface area contributed by atoms with Crippen LogP contribution in [0.25, 0.3) is 27.6 Å². The molecule has 0 bridgehead atoms. The van der Waals surface area contributed by atoms with Crippen LogP contribution < -0.4 is 0 Å². The van der Waals surface area contributed by atoms with Gasteiger partial charge in [-0.2, -0.15) is 0 Å². The van der Waals surface area contributed by atoms with E-state index in [2.05, 4.69) is 123 Å². The van der Waals surface area contributed by atoms with Gasteiger partial charge in [-0.3, -0.25) is 0 Å². The molecule has 36 heavy (non-hydrogen) atoms. The molecule has 0 aromatic heterocycles. The normalized spacial score (nSPS) is 17.1. The van der Waals surface area contributed by atoms with Crippen LogP contribution in [0.2, 0.25) is 0 Å². The predicted octanol–water partition coefficient (Wildman–Crippen LogP) is 10.2. The third-order valence-corrected chi connectivity index (χ3v) is 7.87.